The fourth-order valence-corrected chi connectivity index (χ4v) is 3.38. The number of hydrogen-bond donors (Lipinski definition) is 1. The average molecular weight is 413 g/mol. The number of Topliss-reactive ketones (excluding diaryl/α,β-unsaturated/α-hetero) is 1. The molecule has 0 bridgehead atoms. The van der Waals surface area contributed by atoms with Crippen molar-refractivity contribution in [2.24, 2.45) is 0 Å². The molecule has 3 rings (SSSR count). The van der Waals surface area contributed by atoms with Crippen LogP contribution in [0.25, 0.3) is 10.8 Å². The Balaban J connectivity index is 2.02. The van der Waals surface area contributed by atoms with Crippen molar-refractivity contribution >= 4 is 39.8 Å². The van der Waals surface area contributed by atoms with Crippen molar-refractivity contribution in [3.63, 3.8) is 0 Å². The van der Waals surface area contributed by atoms with Crippen LogP contribution in [-0.2, 0) is 5.60 Å². The lowest BCUT2D eigenvalue weighted by molar-refractivity contribution is -0.264. The molecule has 1 atom stereocenters. The summed E-state index contributed by atoms with van der Waals surface area (Å²) in [5, 5.41) is 11.9. The van der Waals surface area contributed by atoms with Gasteiger partial charge in [0.1, 0.15) is 0 Å². The molecule has 0 heterocycles. The third-order valence-corrected chi connectivity index (χ3v) is 4.73. The normalized spacial score (nSPS) is 14.1. The summed E-state index contributed by atoms with van der Waals surface area (Å²) in [4.78, 5) is 12.6. The summed E-state index contributed by atoms with van der Waals surface area (Å²) in [7, 11) is 0. The maximum absolute atomic E-state index is 13.7. The van der Waals surface area contributed by atoms with Gasteiger partial charge < -0.3 is 5.11 Å². The van der Waals surface area contributed by atoms with E-state index in [9.17, 15) is 23.1 Å². The van der Waals surface area contributed by atoms with Crippen molar-refractivity contribution in [3.05, 3.63) is 81.8 Å². The van der Waals surface area contributed by atoms with Gasteiger partial charge >= 0.3 is 6.18 Å². The molecule has 3 aromatic carbocycles. The first-order chi connectivity index (χ1) is 12.6. The van der Waals surface area contributed by atoms with Crippen LogP contribution in [0.1, 0.15) is 22.3 Å². The Morgan fingerprint density at radius 1 is 0.889 bits per heavy atom. The Hall–Kier alpha value is -2.08. The van der Waals surface area contributed by atoms with Crippen LogP contribution in [0.5, 0.6) is 0 Å². The lowest BCUT2D eigenvalue weighted by atomic mass is 9.86. The van der Waals surface area contributed by atoms with E-state index in [1.807, 2.05) is 12.1 Å². The SMILES string of the molecule is O=C(C[C@](O)(c1cc(Cl)cc(Cl)c1)C(F)(F)F)c1ccc2ccccc2c1. The highest BCUT2D eigenvalue weighted by Gasteiger charge is 2.56. The van der Waals surface area contributed by atoms with E-state index in [2.05, 4.69) is 0 Å². The highest BCUT2D eigenvalue weighted by atomic mass is 35.5. The monoisotopic (exact) mass is 412 g/mol. The smallest absolute Gasteiger partial charge is 0.376 e. The van der Waals surface area contributed by atoms with Crippen molar-refractivity contribution in [1.29, 1.82) is 0 Å². The van der Waals surface area contributed by atoms with Gasteiger partial charge in [0.15, 0.2) is 11.4 Å². The summed E-state index contributed by atoms with van der Waals surface area (Å²) < 4.78 is 41.1. The second kappa shape index (κ2) is 7.15. The van der Waals surface area contributed by atoms with Crippen molar-refractivity contribution in [3.8, 4) is 0 Å². The highest BCUT2D eigenvalue weighted by molar-refractivity contribution is 6.34. The minimum atomic E-state index is -5.10. The molecule has 7 heteroatoms. The summed E-state index contributed by atoms with van der Waals surface area (Å²) >= 11 is 11.6. The number of ketones is 1. The van der Waals surface area contributed by atoms with E-state index < -0.39 is 29.5 Å². The summed E-state index contributed by atoms with van der Waals surface area (Å²) in [6.07, 6.45) is -6.29. The third kappa shape index (κ3) is 3.95. The van der Waals surface area contributed by atoms with Crippen LogP contribution < -0.4 is 0 Å². The summed E-state index contributed by atoms with van der Waals surface area (Å²) in [6, 6.07) is 14.9. The number of halogens is 5. The molecule has 0 saturated heterocycles. The molecule has 140 valence electrons. The highest BCUT2D eigenvalue weighted by Crippen LogP contribution is 2.43. The predicted molar refractivity (Wildman–Crippen MR) is 99.3 cm³/mol. The maximum Gasteiger partial charge on any atom is 0.421 e. The fraction of sp³-hybridized carbons (Fsp3) is 0.150. The molecular formula is C20H13Cl2F3O2. The second-order valence-corrected chi connectivity index (χ2v) is 7.05. The molecule has 27 heavy (non-hydrogen) atoms. The zero-order chi connectivity index (χ0) is 19.8. The van der Waals surface area contributed by atoms with Crippen LogP contribution in [0.4, 0.5) is 13.2 Å². The van der Waals surface area contributed by atoms with Crippen molar-refractivity contribution in [2.45, 2.75) is 18.2 Å². The second-order valence-electron chi connectivity index (χ2n) is 6.18. The first-order valence-electron chi connectivity index (χ1n) is 7.88. The number of aliphatic hydroxyl groups is 1. The molecule has 0 fully saturated rings. The summed E-state index contributed by atoms with van der Waals surface area (Å²) in [5.74, 6) is -0.850. The third-order valence-electron chi connectivity index (χ3n) is 4.30. The Morgan fingerprint density at radius 3 is 2.07 bits per heavy atom. The van der Waals surface area contributed by atoms with E-state index in [1.165, 1.54) is 18.2 Å². The van der Waals surface area contributed by atoms with Gasteiger partial charge in [-0.25, -0.2) is 0 Å². The number of hydrogen-bond acceptors (Lipinski definition) is 2. The standard InChI is InChI=1S/C20H13Cl2F3O2/c21-16-8-15(9-17(22)10-16)19(27,20(23,24)25)11-18(26)14-6-5-12-3-1-2-4-13(12)7-14/h1-10,27H,11H2/t19-/m0/s1. The average Bonchev–Trinajstić information content (AvgIpc) is 2.59. The molecule has 0 aliphatic heterocycles. The van der Waals surface area contributed by atoms with Crippen LogP contribution in [0.3, 0.4) is 0 Å². The molecule has 0 spiro atoms. The molecule has 0 saturated carbocycles. The van der Waals surface area contributed by atoms with Crippen molar-refractivity contribution in [2.75, 3.05) is 0 Å². The number of carbonyl (C=O) groups is 1. The van der Waals surface area contributed by atoms with Crippen LogP contribution in [-0.4, -0.2) is 17.1 Å². The van der Waals surface area contributed by atoms with E-state index in [0.29, 0.717) is 5.39 Å². The van der Waals surface area contributed by atoms with Gasteiger partial charge in [-0.15, -0.1) is 0 Å². The largest absolute Gasteiger partial charge is 0.421 e. The zero-order valence-corrected chi connectivity index (χ0v) is 15.2. The number of alkyl halides is 3. The summed E-state index contributed by atoms with van der Waals surface area (Å²) in [5.41, 5.74) is -3.92. The predicted octanol–water partition coefficient (Wildman–Crippen LogP) is 6.17. The maximum atomic E-state index is 13.7. The van der Waals surface area contributed by atoms with Gasteiger partial charge in [-0.3, -0.25) is 4.79 Å². The molecule has 1 N–H and O–H groups in total. The van der Waals surface area contributed by atoms with Gasteiger partial charge in [0.05, 0.1) is 6.42 Å². The molecule has 2 nitrogen and oxygen atoms in total. The first kappa shape index (κ1) is 19.7. The van der Waals surface area contributed by atoms with E-state index in [1.54, 1.807) is 18.2 Å². The van der Waals surface area contributed by atoms with E-state index >= 15 is 0 Å². The number of rotatable bonds is 4. The Labute approximate surface area is 163 Å². The Bertz CT molecular complexity index is 997. The number of carbonyl (C=O) groups excluding carboxylic acids is 1. The molecule has 0 radical (unpaired) electrons. The lowest BCUT2D eigenvalue weighted by Gasteiger charge is -2.30. The molecule has 0 unspecified atom stereocenters. The van der Waals surface area contributed by atoms with Gasteiger partial charge in [-0.05, 0) is 40.6 Å². The van der Waals surface area contributed by atoms with Crippen LogP contribution in [0, 0.1) is 0 Å². The fourth-order valence-electron chi connectivity index (χ4n) is 2.86. The molecule has 0 aliphatic rings. The minimum Gasteiger partial charge on any atom is -0.376 e. The molecule has 3 aromatic rings. The van der Waals surface area contributed by atoms with Crippen LogP contribution in [0.15, 0.2) is 60.7 Å². The van der Waals surface area contributed by atoms with Crippen molar-refractivity contribution < 1.29 is 23.1 Å². The topological polar surface area (TPSA) is 37.3 Å². The van der Waals surface area contributed by atoms with Gasteiger partial charge in [0.25, 0.3) is 0 Å². The van der Waals surface area contributed by atoms with Gasteiger partial charge in [0.2, 0.25) is 0 Å². The van der Waals surface area contributed by atoms with Gasteiger partial charge in [-0.1, -0.05) is 59.6 Å². The molecule has 0 aliphatic carbocycles. The van der Waals surface area contributed by atoms with E-state index in [4.69, 9.17) is 23.2 Å². The quantitative estimate of drug-likeness (QED) is 0.520. The van der Waals surface area contributed by atoms with Crippen LogP contribution >= 0.6 is 23.2 Å². The zero-order valence-electron chi connectivity index (χ0n) is 13.7. The van der Waals surface area contributed by atoms with Crippen molar-refractivity contribution in [1.82, 2.24) is 0 Å². The van der Waals surface area contributed by atoms with Crippen LogP contribution in [0.2, 0.25) is 10.0 Å². The van der Waals surface area contributed by atoms with E-state index in [-0.39, 0.29) is 15.6 Å². The lowest BCUT2D eigenvalue weighted by Crippen LogP contribution is -2.44. The number of benzene rings is 3. The minimum absolute atomic E-state index is 0.0710. The Morgan fingerprint density at radius 2 is 1.48 bits per heavy atom. The van der Waals surface area contributed by atoms with E-state index in [0.717, 1.165) is 17.5 Å². The molecule has 0 aromatic heterocycles. The first-order valence-corrected chi connectivity index (χ1v) is 8.63. The molecular weight excluding hydrogens is 400 g/mol. The Kier molecular flexibility index (Phi) is 5.21. The molecule has 0 amide bonds. The summed E-state index contributed by atoms with van der Waals surface area (Å²) in [6.45, 7) is 0. The van der Waals surface area contributed by atoms with Gasteiger partial charge in [-0.2, -0.15) is 13.2 Å². The number of fused-ring (bicyclic) bond motifs is 1. The van der Waals surface area contributed by atoms with Gasteiger partial charge in [0, 0.05) is 15.6 Å².